The number of guanidine groups is 1. The molecular formula is C22H34IN5OS. The van der Waals surface area contributed by atoms with Crippen LogP contribution in [0.15, 0.2) is 35.5 Å². The number of rotatable bonds is 8. The summed E-state index contributed by atoms with van der Waals surface area (Å²) in [6.45, 7) is 5.86. The molecule has 30 heavy (non-hydrogen) atoms. The first-order valence-corrected chi connectivity index (χ1v) is 11.3. The number of piperidine rings is 1. The summed E-state index contributed by atoms with van der Waals surface area (Å²) in [4.78, 5) is 12.8. The van der Waals surface area contributed by atoms with E-state index in [1.807, 2.05) is 25.4 Å². The monoisotopic (exact) mass is 543 g/mol. The number of aromatic nitrogens is 1. The molecule has 8 heteroatoms. The Morgan fingerprint density at radius 2 is 2.00 bits per heavy atom. The topological polar surface area (TPSA) is 61.8 Å². The van der Waals surface area contributed by atoms with Crippen molar-refractivity contribution in [2.75, 3.05) is 33.8 Å². The van der Waals surface area contributed by atoms with Gasteiger partial charge in [0.05, 0.1) is 19.7 Å². The van der Waals surface area contributed by atoms with E-state index < -0.39 is 0 Å². The molecule has 0 aliphatic carbocycles. The normalized spacial score (nSPS) is 15.9. The molecule has 1 aromatic carbocycles. The SMILES string of the molecule is CCc1cnc(CNC(=NC)NCC(c2ccccc2OC)N2CCCCC2)s1.I. The number of aryl methyl sites for hydroxylation is 1. The number of benzene rings is 1. The number of ether oxygens (including phenoxy) is 1. The zero-order valence-corrected chi connectivity index (χ0v) is 21.3. The van der Waals surface area contributed by atoms with Crippen molar-refractivity contribution in [3.63, 3.8) is 0 Å². The quantitative estimate of drug-likeness (QED) is 0.297. The predicted octanol–water partition coefficient (Wildman–Crippen LogP) is 4.22. The summed E-state index contributed by atoms with van der Waals surface area (Å²) in [5.74, 6) is 1.75. The molecule has 1 aromatic heterocycles. The highest BCUT2D eigenvalue weighted by Gasteiger charge is 2.25. The fraction of sp³-hybridized carbons (Fsp3) is 0.545. The summed E-state index contributed by atoms with van der Waals surface area (Å²) < 4.78 is 5.66. The third-order valence-electron chi connectivity index (χ3n) is 5.37. The van der Waals surface area contributed by atoms with E-state index in [1.165, 1.54) is 29.7 Å². The van der Waals surface area contributed by atoms with Gasteiger partial charge in [-0.2, -0.15) is 0 Å². The number of aliphatic imine (C=N–C) groups is 1. The molecule has 0 radical (unpaired) electrons. The van der Waals surface area contributed by atoms with Crippen LogP contribution in [0.2, 0.25) is 0 Å². The van der Waals surface area contributed by atoms with Gasteiger partial charge < -0.3 is 15.4 Å². The summed E-state index contributed by atoms with van der Waals surface area (Å²) in [5, 5.41) is 8.01. The van der Waals surface area contributed by atoms with Crippen LogP contribution in [-0.2, 0) is 13.0 Å². The van der Waals surface area contributed by atoms with Gasteiger partial charge in [0.25, 0.3) is 0 Å². The molecule has 1 aliphatic rings. The molecule has 0 saturated carbocycles. The molecule has 166 valence electrons. The maximum Gasteiger partial charge on any atom is 0.191 e. The number of likely N-dealkylation sites (tertiary alicyclic amines) is 1. The van der Waals surface area contributed by atoms with E-state index in [9.17, 15) is 0 Å². The van der Waals surface area contributed by atoms with Gasteiger partial charge in [-0.25, -0.2) is 4.98 Å². The van der Waals surface area contributed by atoms with Gasteiger partial charge in [0, 0.05) is 30.2 Å². The van der Waals surface area contributed by atoms with Gasteiger partial charge in [0.2, 0.25) is 0 Å². The molecule has 2 aromatic rings. The van der Waals surface area contributed by atoms with Crippen LogP contribution in [-0.4, -0.2) is 49.6 Å². The van der Waals surface area contributed by atoms with Crippen LogP contribution in [0.1, 0.15) is 47.7 Å². The van der Waals surface area contributed by atoms with Gasteiger partial charge >= 0.3 is 0 Å². The Morgan fingerprint density at radius 3 is 2.67 bits per heavy atom. The van der Waals surface area contributed by atoms with E-state index in [-0.39, 0.29) is 30.0 Å². The minimum atomic E-state index is 0. The molecule has 2 N–H and O–H groups in total. The Kier molecular flexibility index (Phi) is 10.9. The van der Waals surface area contributed by atoms with E-state index >= 15 is 0 Å². The lowest BCUT2D eigenvalue weighted by Crippen LogP contribution is -2.44. The summed E-state index contributed by atoms with van der Waals surface area (Å²) >= 11 is 1.75. The minimum Gasteiger partial charge on any atom is -0.496 e. The van der Waals surface area contributed by atoms with Gasteiger partial charge in [-0.05, 0) is 38.4 Å². The van der Waals surface area contributed by atoms with Crippen LogP contribution < -0.4 is 15.4 Å². The van der Waals surface area contributed by atoms with Crippen molar-refractivity contribution in [1.82, 2.24) is 20.5 Å². The molecule has 1 unspecified atom stereocenters. The Balaban J connectivity index is 0.00000320. The number of nitrogens with zero attached hydrogens (tertiary/aromatic N) is 3. The maximum atomic E-state index is 5.66. The van der Waals surface area contributed by atoms with E-state index in [0.717, 1.165) is 42.8 Å². The standard InChI is InChI=1S/C22H33N5OS.HI/c1-4-17-14-24-21(29-17)16-26-22(23-2)25-15-19(27-12-8-5-9-13-27)18-10-6-7-11-20(18)28-3;/h6-7,10-11,14,19H,4-5,8-9,12-13,15-16H2,1-3H3,(H2,23,25,26);1H. The predicted molar refractivity (Wildman–Crippen MR) is 136 cm³/mol. The van der Waals surface area contributed by atoms with Gasteiger partial charge in [-0.1, -0.05) is 31.5 Å². The minimum absolute atomic E-state index is 0. The van der Waals surface area contributed by atoms with Crippen LogP contribution >= 0.6 is 35.3 Å². The third-order valence-corrected chi connectivity index (χ3v) is 6.51. The Morgan fingerprint density at radius 1 is 1.23 bits per heavy atom. The second-order valence-corrected chi connectivity index (χ2v) is 8.43. The molecule has 6 nitrogen and oxygen atoms in total. The molecule has 1 atom stereocenters. The summed E-state index contributed by atoms with van der Waals surface area (Å²) in [6.07, 6.45) is 6.82. The average Bonchev–Trinajstić information content (AvgIpc) is 3.25. The largest absolute Gasteiger partial charge is 0.496 e. The lowest BCUT2D eigenvalue weighted by atomic mass is 10.0. The van der Waals surface area contributed by atoms with Gasteiger partial charge in [-0.3, -0.25) is 9.89 Å². The first-order valence-electron chi connectivity index (χ1n) is 10.5. The summed E-state index contributed by atoms with van der Waals surface area (Å²) in [7, 11) is 3.56. The van der Waals surface area contributed by atoms with E-state index in [4.69, 9.17) is 4.74 Å². The van der Waals surface area contributed by atoms with E-state index in [0.29, 0.717) is 6.54 Å². The molecule has 0 amide bonds. The van der Waals surface area contributed by atoms with Crippen LogP contribution in [0.25, 0.3) is 0 Å². The molecule has 0 spiro atoms. The van der Waals surface area contributed by atoms with Crippen molar-refractivity contribution in [3.8, 4) is 5.75 Å². The second-order valence-electron chi connectivity index (χ2n) is 7.23. The van der Waals surface area contributed by atoms with Crippen molar-refractivity contribution in [2.45, 2.75) is 45.2 Å². The van der Waals surface area contributed by atoms with Crippen LogP contribution in [0, 0.1) is 0 Å². The lowest BCUT2D eigenvalue weighted by molar-refractivity contribution is 0.161. The van der Waals surface area contributed by atoms with E-state index in [1.54, 1.807) is 18.4 Å². The Hall–Kier alpha value is -1.39. The highest BCUT2D eigenvalue weighted by atomic mass is 127. The van der Waals surface area contributed by atoms with Gasteiger partial charge in [0.15, 0.2) is 5.96 Å². The van der Waals surface area contributed by atoms with Crippen molar-refractivity contribution in [2.24, 2.45) is 4.99 Å². The first kappa shape index (κ1) is 24.9. The highest BCUT2D eigenvalue weighted by Crippen LogP contribution is 2.30. The van der Waals surface area contributed by atoms with Crippen LogP contribution in [0.3, 0.4) is 0 Å². The zero-order valence-electron chi connectivity index (χ0n) is 18.2. The second kappa shape index (κ2) is 13.1. The van der Waals surface area contributed by atoms with E-state index in [2.05, 4.69) is 44.6 Å². The van der Waals surface area contributed by atoms with Crippen molar-refractivity contribution >= 4 is 41.3 Å². The molecule has 0 bridgehead atoms. The average molecular weight is 544 g/mol. The number of nitrogens with one attached hydrogen (secondary N) is 2. The highest BCUT2D eigenvalue weighted by molar-refractivity contribution is 14.0. The van der Waals surface area contributed by atoms with Crippen LogP contribution in [0.5, 0.6) is 5.75 Å². The van der Waals surface area contributed by atoms with Gasteiger partial charge in [-0.15, -0.1) is 35.3 Å². The Labute approximate surface area is 201 Å². The lowest BCUT2D eigenvalue weighted by Gasteiger charge is -2.35. The molecule has 2 heterocycles. The van der Waals surface area contributed by atoms with Crippen molar-refractivity contribution in [3.05, 3.63) is 45.9 Å². The maximum absolute atomic E-state index is 5.66. The van der Waals surface area contributed by atoms with Crippen LogP contribution in [0.4, 0.5) is 0 Å². The Bertz CT molecular complexity index is 791. The fourth-order valence-corrected chi connectivity index (χ4v) is 4.58. The molecule has 1 fully saturated rings. The zero-order chi connectivity index (χ0) is 20.5. The van der Waals surface area contributed by atoms with Crippen molar-refractivity contribution in [1.29, 1.82) is 0 Å². The van der Waals surface area contributed by atoms with Crippen molar-refractivity contribution < 1.29 is 4.74 Å². The fourth-order valence-electron chi connectivity index (χ4n) is 3.77. The molecular weight excluding hydrogens is 509 g/mol. The summed E-state index contributed by atoms with van der Waals surface area (Å²) in [6, 6.07) is 8.60. The first-order chi connectivity index (χ1) is 14.2. The number of thiazole rings is 1. The summed E-state index contributed by atoms with van der Waals surface area (Å²) in [5.41, 5.74) is 1.23. The number of hydrogen-bond acceptors (Lipinski definition) is 5. The third kappa shape index (κ3) is 6.81. The molecule has 3 rings (SSSR count). The molecule has 1 saturated heterocycles. The number of methoxy groups -OCH3 is 1. The number of hydrogen-bond donors (Lipinski definition) is 2. The number of halogens is 1. The molecule has 1 aliphatic heterocycles. The smallest absolute Gasteiger partial charge is 0.191 e. The van der Waals surface area contributed by atoms with Gasteiger partial charge in [0.1, 0.15) is 10.8 Å². The number of para-hydroxylation sites is 1.